The molecular weight excluding hydrogens is 198 g/mol. The molecule has 0 aliphatic heterocycles. The van der Waals surface area contributed by atoms with Crippen molar-refractivity contribution in [2.24, 2.45) is 5.41 Å². The lowest BCUT2D eigenvalue weighted by molar-refractivity contribution is -0.131. The van der Waals surface area contributed by atoms with E-state index in [0.717, 1.165) is 12.2 Å². The predicted molar refractivity (Wildman–Crippen MR) is 54.2 cm³/mol. The zero-order chi connectivity index (χ0) is 12.1. The van der Waals surface area contributed by atoms with E-state index >= 15 is 0 Å². The molecule has 0 aliphatic carbocycles. The Morgan fingerprint density at radius 2 is 1.73 bits per heavy atom. The van der Waals surface area contributed by atoms with Crippen molar-refractivity contribution in [3.63, 3.8) is 0 Å². The maximum Gasteiger partial charge on any atom is 0.328 e. The topological polar surface area (TPSA) is 83.5 Å². The number of carbonyl (C=O) groups excluding carboxylic acids is 2. The van der Waals surface area contributed by atoms with Gasteiger partial charge in [-0.15, -0.1) is 0 Å². The zero-order valence-corrected chi connectivity index (χ0v) is 9.03. The Labute approximate surface area is 88.2 Å². The van der Waals surface area contributed by atoms with Crippen molar-refractivity contribution >= 4 is 17.7 Å². The molecule has 0 radical (unpaired) electrons. The van der Waals surface area contributed by atoms with Crippen LogP contribution in [-0.2, 0) is 14.4 Å². The summed E-state index contributed by atoms with van der Waals surface area (Å²) in [5.41, 5.74) is -0.510. The summed E-state index contributed by atoms with van der Waals surface area (Å²) >= 11 is 0. The van der Waals surface area contributed by atoms with Crippen molar-refractivity contribution in [2.75, 3.05) is 6.54 Å². The first-order valence-electron chi connectivity index (χ1n) is 4.45. The predicted octanol–water partition coefficient (Wildman–Crippen LogP) is 0.359. The fourth-order valence-corrected chi connectivity index (χ4v) is 0.638. The molecule has 84 valence electrons. The molecule has 0 spiro atoms. The van der Waals surface area contributed by atoms with E-state index in [1.807, 2.05) is 0 Å². The molecule has 0 saturated carbocycles. The lowest BCUT2D eigenvalue weighted by Gasteiger charge is -2.16. The molecule has 0 bridgehead atoms. The molecule has 0 aliphatic rings. The third kappa shape index (κ3) is 6.42. The normalized spacial score (nSPS) is 11.4. The van der Waals surface area contributed by atoms with E-state index < -0.39 is 17.3 Å². The number of Topliss-reactive ketones (excluding diaryl/α,β-unsaturated/α-hetero) is 1. The first-order chi connectivity index (χ1) is 6.73. The Kier molecular flexibility index (Phi) is 4.70. The van der Waals surface area contributed by atoms with Gasteiger partial charge in [-0.25, -0.2) is 4.79 Å². The van der Waals surface area contributed by atoms with Crippen molar-refractivity contribution in [3.8, 4) is 0 Å². The summed E-state index contributed by atoms with van der Waals surface area (Å²) in [6.45, 7) is 5.14. The van der Waals surface area contributed by atoms with Crippen LogP contribution in [0.5, 0.6) is 0 Å². The highest BCUT2D eigenvalue weighted by atomic mass is 16.4. The van der Waals surface area contributed by atoms with E-state index in [-0.39, 0.29) is 12.3 Å². The fraction of sp³-hybridized carbons (Fsp3) is 0.500. The van der Waals surface area contributed by atoms with Gasteiger partial charge in [0.05, 0.1) is 6.54 Å². The molecule has 5 heteroatoms. The number of ketones is 1. The lowest BCUT2D eigenvalue weighted by Crippen LogP contribution is -2.34. The highest BCUT2D eigenvalue weighted by Gasteiger charge is 2.20. The minimum absolute atomic E-state index is 0.0910. The number of rotatable bonds is 4. The number of nitrogens with one attached hydrogen (secondary N) is 1. The van der Waals surface area contributed by atoms with Crippen LogP contribution in [0.15, 0.2) is 12.2 Å². The smallest absolute Gasteiger partial charge is 0.328 e. The van der Waals surface area contributed by atoms with Crippen LogP contribution in [0.25, 0.3) is 0 Å². The number of amides is 1. The Bertz CT molecular complexity index is 299. The fourth-order valence-electron chi connectivity index (χ4n) is 0.638. The summed E-state index contributed by atoms with van der Waals surface area (Å²) in [5.74, 6) is -1.90. The molecule has 0 aromatic rings. The Hall–Kier alpha value is -1.65. The lowest BCUT2D eigenvalue weighted by atomic mass is 9.91. The molecule has 2 N–H and O–H groups in total. The highest BCUT2D eigenvalue weighted by Crippen LogP contribution is 2.13. The molecule has 15 heavy (non-hydrogen) atoms. The summed E-state index contributed by atoms with van der Waals surface area (Å²) < 4.78 is 0. The molecule has 0 heterocycles. The third-order valence-electron chi connectivity index (χ3n) is 1.64. The summed E-state index contributed by atoms with van der Waals surface area (Å²) in [7, 11) is 0. The molecular formula is C10H15NO4. The van der Waals surface area contributed by atoms with Crippen LogP contribution >= 0.6 is 0 Å². The molecule has 0 aromatic heterocycles. The van der Waals surface area contributed by atoms with Crippen molar-refractivity contribution in [2.45, 2.75) is 20.8 Å². The second kappa shape index (κ2) is 5.29. The molecule has 0 atom stereocenters. The van der Waals surface area contributed by atoms with Crippen molar-refractivity contribution in [1.82, 2.24) is 5.32 Å². The average molecular weight is 213 g/mol. The van der Waals surface area contributed by atoms with Crippen LogP contribution in [0, 0.1) is 5.41 Å². The Balaban J connectivity index is 4.03. The third-order valence-corrected chi connectivity index (χ3v) is 1.64. The van der Waals surface area contributed by atoms with Gasteiger partial charge in [0.1, 0.15) is 0 Å². The van der Waals surface area contributed by atoms with Gasteiger partial charge in [0.2, 0.25) is 5.91 Å². The summed E-state index contributed by atoms with van der Waals surface area (Å²) in [6.07, 6.45) is 1.59. The van der Waals surface area contributed by atoms with Crippen LogP contribution in [0.1, 0.15) is 20.8 Å². The molecule has 0 saturated heterocycles. The van der Waals surface area contributed by atoms with Gasteiger partial charge in [0.25, 0.3) is 0 Å². The quantitative estimate of drug-likeness (QED) is 0.660. The molecule has 0 aromatic carbocycles. The second-order valence-corrected chi connectivity index (χ2v) is 4.06. The largest absolute Gasteiger partial charge is 0.478 e. The Morgan fingerprint density at radius 3 is 2.13 bits per heavy atom. The van der Waals surface area contributed by atoms with Crippen LogP contribution < -0.4 is 5.32 Å². The standard InChI is InChI=1S/C10H15NO4/c1-10(2,3)7(12)6-11-8(13)4-5-9(14)15/h4-5H,6H2,1-3H3,(H,11,13)(H,14,15)/b5-4-. The van der Waals surface area contributed by atoms with E-state index in [2.05, 4.69) is 5.32 Å². The maximum atomic E-state index is 11.4. The molecule has 5 nitrogen and oxygen atoms in total. The van der Waals surface area contributed by atoms with Gasteiger partial charge < -0.3 is 10.4 Å². The molecule has 0 unspecified atom stereocenters. The SMILES string of the molecule is CC(C)(C)C(=O)CNC(=O)/C=C\C(=O)O. The first-order valence-corrected chi connectivity index (χ1v) is 4.45. The molecule has 1 amide bonds. The van der Waals surface area contributed by atoms with Gasteiger partial charge in [0.15, 0.2) is 5.78 Å². The van der Waals surface area contributed by atoms with E-state index in [1.165, 1.54) is 0 Å². The van der Waals surface area contributed by atoms with Crippen molar-refractivity contribution in [3.05, 3.63) is 12.2 Å². The van der Waals surface area contributed by atoms with E-state index in [4.69, 9.17) is 5.11 Å². The summed E-state index contributed by atoms with van der Waals surface area (Å²) in [6, 6.07) is 0. The van der Waals surface area contributed by atoms with Crippen LogP contribution in [0.2, 0.25) is 0 Å². The van der Waals surface area contributed by atoms with Gasteiger partial charge in [-0.2, -0.15) is 0 Å². The van der Waals surface area contributed by atoms with E-state index in [9.17, 15) is 14.4 Å². The van der Waals surface area contributed by atoms with Gasteiger partial charge in [-0.1, -0.05) is 20.8 Å². The monoisotopic (exact) mass is 213 g/mol. The molecule has 0 fully saturated rings. The van der Waals surface area contributed by atoms with Crippen LogP contribution in [-0.4, -0.2) is 29.3 Å². The van der Waals surface area contributed by atoms with Gasteiger partial charge in [0, 0.05) is 17.6 Å². The van der Waals surface area contributed by atoms with Crippen molar-refractivity contribution < 1.29 is 19.5 Å². The highest BCUT2D eigenvalue weighted by molar-refractivity contribution is 5.96. The minimum Gasteiger partial charge on any atom is -0.478 e. The number of carboxylic acid groups (broad SMARTS) is 1. The van der Waals surface area contributed by atoms with E-state index in [1.54, 1.807) is 20.8 Å². The number of carboxylic acids is 1. The van der Waals surface area contributed by atoms with Gasteiger partial charge in [-0.3, -0.25) is 9.59 Å². The molecule has 0 rings (SSSR count). The minimum atomic E-state index is -1.20. The number of hydrogen-bond acceptors (Lipinski definition) is 3. The average Bonchev–Trinajstić information content (AvgIpc) is 2.09. The number of aliphatic carboxylic acids is 1. The Morgan fingerprint density at radius 1 is 1.20 bits per heavy atom. The number of hydrogen-bond donors (Lipinski definition) is 2. The van der Waals surface area contributed by atoms with Gasteiger partial charge >= 0.3 is 5.97 Å². The van der Waals surface area contributed by atoms with Crippen LogP contribution in [0.4, 0.5) is 0 Å². The second-order valence-electron chi connectivity index (χ2n) is 4.06. The van der Waals surface area contributed by atoms with E-state index in [0.29, 0.717) is 0 Å². The number of carbonyl (C=O) groups is 3. The van der Waals surface area contributed by atoms with Crippen LogP contribution in [0.3, 0.4) is 0 Å². The zero-order valence-electron chi connectivity index (χ0n) is 9.03. The van der Waals surface area contributed by atoms with Gasteiger partial charge in [-0.05, 0) is 0 Å². The maximum absolute atomic E-state index is 11.4. The van der Waals surface area contributed by atoms with Crippen molar-refractivity contribution in [1.29, 1.82) is 0 Å². The summed E-state index contributed by atoms with van der Waals surface area (Å²) in [5, 5.41) is 10.5. The summed E-state index contributed by atoms with van der Waals surface area (Å²) in [4.78, 5) is 32.4. The first kappa shape index (κ1) is 13.4.